The highest BCUT2D eigenvalue weighted by molar-refractivity contribution is 7.70. The van der Waals surface area contributed by atoms with Gasteiger partial charge in [-0.05, 0) is 17.5 Å². The van der Waals surface area contributed by atoms with Gasteiger partial charge in [0.05, 0.1) is 5.92 Å². The molecular weight excluding hydrogens is 310 g/mol. The Bertz CT molecular complexity index is 776. The number of hydrogen-bond donors (Lipinski definition) is 1. The van der Waals surface area contributed by atoms with Gasteiger partial charge in [-0.2, -0.15) is 0 Å². The molecule has 2 atom stereocenters. The van der Waals surface area contributed by atoms with Crippen LogP contribution in [0.3, 0.4) is 0 Å². The predicted octanol–water partition coefficient (Wildman–Crippen LogP) is 2.51. The molecule has 1 aliphatic heterocycles. The van der Waals surface area contributed by atoms with Gasteiger partial charge in [0.15, 0.2) is 0 Å². The minimum absolute atomic E-state index is 0.130. The van der Waals surface area contributed by atoms with Crippen molar-refractivity contribution in [2.45, 2.75) is 12.3 Å². The zero-order chi connectivity index (χ0) is 16.2. The summed E-state index contributed by atoms with van der Waals surface area (Å²) in [5, 5.41) is 0. The highest BCUT2D eigenvalue weighted by Crippen LogP contribution is 2.34. The average Bonchev–Trinajstić information content (AvgIpc) is 2.58. The Morgan fingerprint density at radius 1 is 0.913 bits per heavy atom. The van der Waals surface area contributed by atoms with Crippen molar-refractivity contribution in [3.63, 3.8) is 0 Å². The number of nitrogens with zero attached hydrogens (tertiary/aromatic N) is 1. The van der Waals surface area contributed by atoms with Crippen molar-refractivity contribution in [3.8, 4) is 0 Å². The Morgan fingerprint density at radius 2 is 1.52 bits per heavy atom. The molecule has 0 unspecified atom stereocenters. The third kappa shape index (κ3) is 3.35. The third-order valence-corrected chi connectivity index (χ3v) is 4.75. The molecule has 1 heterocycles. The van der Waals surface area contributed by atoms with E-state index in [0.29, 0.717) is 6.42 Å². The molecule has 0 fully saturated rings. The second kappa shape index (κ2) is 6.79. The van der Waals surface area contributed by atoms with Crippen LogP contribution in [0.2, 0.25) is 0 Å². The number of thiol groups is 1. The number of amides is 1. The van der Waals surface area contributed by atoms with Crippen molar-refractivity contribution in [3.05, 3.63) is 84.1 Å². The van der Waals surface area contributed by atoms with Crippen LogP contribution in [0.15, 0.2) is 72.9 Å². The van der Waals surface area contributed by atoms with Crippen LogP contribution in [0.1, 0.15) is 17.0 Å². The first-order valence-corrected chi connectivity index (χ1v) is 8.54. The summed E-state index contributed by atoms with van der Waals surface area (Å²) in [7, 11) is -2.95. The van der Waals surface area contributed by atoms with Crippen molar-refractivity contribution in [1.29, 1.82) is 0 Å². The molecule has 0 saturated heterocycles. The first-order valence-electron chi connectivity index (χ1n) is 7.41. The van der Waals surface area contributed by atoms with E-state index in [0.717, 1.165) is 15.4 Å². The fourth-order valence-corrected chi connectivity index (χ4v) is 3.44. The first kappa shape index (κ1) is 15.5. The van der Waals surface area contributed by atoms with Crippen LogP contribution in [0, 0.1) is 5.92 Å². The summed E-state index contributed by atoms with van der Waals surface area (Å²) in [6.07, 6.45) is 3.67. The molecule has 1 amide bonds. The van der Waals surface area contributed by atoms with Crippen molar-refractivity contribution in [1.82, 2.24) is 4.31 Å². The van der Waals surface area contributed by atoms with E-state index in [1.807, 2.05) is 60.7 Å². The molecule has 0 bridgehead atoms. The summed E-state index contributed by atoms with van der Waals surface area (Å²) < 4.78 is 23.4. The highest BCUT2D eigenvalue weighted by Gasteiger charge is 2.35. The molecule has 0 aliphatic carbocycles. The highest BCUT2D eigenvalue weighted by atomic mass is 32.2. The molecule has 4 nitrogen and oxygen atoms in total. The predicted molar refractivity (Wildman–Crippen MR) is 89.1 cm³/mol. The Labute approximate surface area is 137 Å². The molecule has 23 heavy (non-hydrogen) atoms. The maximum atomic E-state index is 12.6. The van der Waals surface area contributed by atoms with E-state index in [1.54, 1.807) is 6.08 Å². The van der Waals surface area contributed by atoms with Crippen molar-refractivity contribution in [2.24, 2.45) is 5.92 Å². The molecule has 118 valence electrons. The molecule has 2 aromatic carbocycles. The van der Waals surface area contributed by atoms with Gasteiger partial charge in [0, 0.05) is 12.1 Å². The van der Waals surface area contributed by atoms with Crippen LogP contribution in [-0.2, 0) is 22.1 Å². The molecule has 2 aromatic rings. The number of carbonyl (C=O) groups excluding carboxylic acids is 1. The summed E-state index contributed by atoms with van der Waals surface area (Å²) in [5.74, 6) is -0.936. The summed E-state index contributed by atoms with van der Waals surface area (Å²) in [6.45, 7) is 0. The fourth-order valence-electron chi connectivity index (χ4n) is 2.94. The van der Waals surface area contributed by atoms with E-state index in [1.165, 1.54) is 6.20 Å². The number of allylic oxidation sites excluding steroid dienone is 1. The lowest BCUT2D eigenvalue weighted by Crippen LogP contribution is -2.38. The molecule has 0 N–H and O–H groups in total. The van der Waals surface area contributed by atoms with Gasteiger partial charge in [0.2, 0.25) is 16.8 Å². The van der Waals surface area contributed by atoms with Crippen LogP contribution in [0.4, 0.5) is 0 Å². The number of hydrogen-bond acceptors (Lipinski definition) is 3. The normalized spacial score (nSPS) is 20.9. The van der Waals surface area contributed by atoms with Gasteiger partial charge < -0.3 is 0 Å². The van der Waals surface area contributed by atoms with Crippen LogP contribution in [0.5, 0.6) is 0 Å². The molecule has 0 spiro atoms. The first-order chi connectivity index (χ1) is 11.2. The van der Waals surface area contributed by atoms with E-state index < -0.39 is 16.8 Å². The monoisotopic (exact) mass is 327 g/mol. The number of rotatable bonds is 4. The summed E-state index contributed by atoms with van der Waals surface area (Å²) >= 11 is 0. The third-order valence-electron chi connectivity index (χ3n) is 4.07. The molecule has 0 radical (unpaired) electrons. The van der Waals surface area contributed by atoms with Crippen LogP contribution in [0.25, 0.3) is 0 Å². The fraction of sp³-hybridized carbons (Fsp3) is 0.167. The zero-order valence-corrected chi connectivity index (χ0v) is 13.3. The molecular formula is C18H17NO3S. The lowest BCUT2D eigenvalue weighted by atomic mass is 9.80. The smallest absolute Gasteiger partial charge is 0.244 e. The molecule has 3 rings (SSSR count). The summed E-state index contributed by atoms with van der Waals surface area (Å²) in [6, 6.07) is 19.4. The van der Waals surface area contributed by atoms with E-state index in [2.05, 4.69) is 0 Å². The van der Waals surface area contributed by atoms with Gasteiger partial charge in [-0.25, -0.2) is 12.7 Å². The molecule has 0 saturated carbocycles. The maximum Gasteiger partial charge on any atom is 0.244 e. The van der Waals surface area contributed by atoms with Crippen molar-refractivity contribution in [2.75, 3.05) is 0 Å². The Morgan fingerprint density at radius 3 is 2.13 bits per heavy atom. The summed E-state index contributed by atoms with van der Waals surface area (Å²) in [5.41, 5.74) is 2.03. The number of carbonyl (C=O) groups is 1. The standard InChI is InChI=1S/C18H17NO3S/c20-18-17(13-14-7-3-1-4-8-14)16(11-12-19(18)23(21)22)15-9-5-2-6-10-15/h1-12,16-17,23H,13H2/t16-,17+/m1/s1. The maximum absolute atomic E-state index is 12.6. The van der Waals surface area contributed by atoms with E-state index in [9.17, 15) is 13.2 Å². The van der Waals surface area contributed by atoms with Gasteiger partial charge in [0.1, 0.15) is 0 Å². The SMILES string of the molecule is O=C1[C@@H](Cc2ccccc2)[C@@H](c2ccccc2)C=CN1[SH](=O)=O. The van der Waals surface area contributed by atoms with E-state index >= 15 is 0 Å². The zero-order valence-electron chi connectivity index (χ0n) is 12.4. The Hall–Kier alpha value is -2.40. The lowest BCUT2D eigenvalue weighted by molar-refractivity contribution is -0.129. The van der Waals surface area contributed by atoms with Gasteiger partial charge in [-0.3, -0.25) is 4.79 Å². The van der Waals surface area contributed by atoms with Gasteiger partial charge >= 0.3 is 0 Å². The lowest BCUT2D eigenvalue weighted by Gasteiger charge is -2.30. The molecule has 1 aliphatic rings. The van der Waals surface area contributed by atoms with Crippen molar-refractivity contribution >= 4 is 16.8 Å². The van der Waals surface area contributed by atoms with Crippen LogP contribution < -0.4 is 0 Å². The van der Waals surface area contributed by atoms with Crippen molar-refractivity contribution < 1.29 is 13.2 Å². The average molecular weight is 327 g/mol. The minimum atomic E-state index is -2.95. The second-order valence-electron chi connectivity index (χ2n) is 5.49. The number of benzene rings is 2. The quantitative estimate of drug-likeness (QED) is 0.878. The van der Waals surface area contributed by atoms with Gasteiger partial charge in [-0.1, -0.05) is 66.7 Å². The van der Waals surface area contributed by atoms with Gasteiger partial charge in [0.25, 0.3) is 0 Å². The van der Waals surface area contributed by atoms with Crippen LogP contribution in [-0.4, -0.2) is 18.6 Å². The second-order valence-corrected chi connectivity index (χ2v) is 6.40. The Kier molecular flexibility index (Phi) is 4.57. The van der Waals surface area contributed by atoms with Crippen LogP contribution >= 0.6 is 0 Å². The molecule has 5 heteroatoms. The van der Waals surface area contributed by atoms with E-state index in [-0.39, 0.29) is 11.8 Å². The largest absolute Gasteiger partial charge is 0.273 e. The Balaban J connectivity index is 1.98. The van der Waals surface area contributed by atoms with E-state index in [4.69, 9.17) is 0 Å². The summed E-state index contributed by atoms with van der Waals surface area (Å²) in [4.78, 5) is 12.6. The topological polar surface area (TPSA) is 54.5 Å². The van der Waals surface area contributed by atoms with Gasteiger partial charge in [-0.15, -0.1) is 0 Å². The molecule has 0 aromatic heterocycles. The minimum Gasteiger partial charge on any atom is -0.273 e.